The highest BCUT2D eigenvalue weighted by atomic mass is 127. The van der Waals surface area contributed by atoms with E-state index in [1.54, 1.807) is 61.6 Å². The van der Waals surface area contributed by atoms with Crippen molar-refractivity contribution in [2.24, 2.45) is 0 Å². The lowest BCUT2D eigenvalue weighted by Crippen LogP contribution is -2.29. The third kappa shape index (κ3) is 3.17. The molecule has 2 aromatic rings. The van der Waals surface area contributed by atoms with Crippen LogP contribution in [0.5, 0.6) is 0 Å². The molecule has 1 aromatic carbocycles. The first-order valence-electron chi connectivity index (χ1n) is 6.12. The summed E-state index contributed by atoms with van der Waals surface area (Å²) in [6.45, 7) is 4.82. The number of ether oxygens (including phenoxy) is 1. The number of halogens is 4. The Morgan fingerprint density at radius 3 is 2.29 bits per heavy atom. The third-order valence-corrected chi connectivity index (χ3v) is 3.75. The first kappa shape index (κ1) is 16.1. The second-order valence-electron chi connectivity index (χ2n) is 5.49. The molecule has 0 spiro atoms. The molecule has 0 atom stereocenters. The predicted molar refractivity (Wildman–Crippen MR) is 81.3 cm³/mol. The van der Waals surface area contributed by atoms with E-state index in [1.807, 2.05) is 0 Å². The van der Waals surface area contributed by atoms with E-state index in [2.05, 4.69) is 0 Å². The summed E-state index contributed by atoms with van der Waals surface area (Å²) in [6, 6.07) is 6.23. The topological polar surface area (TPSA) is 31.2 Å². The molecular weight excluding hydrogens is 398 g/mol. The molecule has 1 aromatic heterocycles. The Kier molecular flexibility index (Phi) is 3.98. The third-order valence-electron chi connectivity index (χ3n) is 2.66. The number of carbonyl (C=O) groups excluding carboxylic acids is 1. The molecule has 1 heterocycles. The SMILES string of the molecule is CC(C)(C)OC(=O)n1c(C(F)(F)F)c(I)c2ccccc21. The fourth-order valence-electron chi connectivity index (χ4n) is 1.95. The van der Waals surface area contributed by atoms with Gasteiger partial charge in [-0.25, -0.2) is 9.36 Å². The highest BCUT2D eigenvalue weighted by Gasteiger charge is 2.41. The summed E-state index contributed by atoms with van der Waals surface area (Å²) < 4.78 is 45.6. The number of carbonyl (C=O) groups is 1. The Morgan fingerprint density at radius 2 is 1.76 bits per heavy atom. The lowest BCUT2D eigenvalue weighted by molar-refractivity contribution is -0.143. The summed E-state index contributed by atoms with van der Waals surface area (Å²) in [5, 5.41) is 0.372. The molecule has 0 aliphatic heterocycles. The average molecular weight is 411 g/mol. The van der Waals surface area contributed by atoms with Crippen LogP contribution in [0.1, 0.15) is 26.5 Å². The van der Waals surface area contributed by atoms with E-state index >= 15 is 0 Å². The lowest BCUT2D eigenvalue weighted by Gasteiger charge is -2.21. The van der Waals surface area contributed by atoms with Gasteiger partial charge in [-0.15, -0.1) is 0 Å². The fourth-order valence-corrected chi connectivity index (χ4v) is 2.95. The van der Waals surface area contributed by atoms with Crippen LogP contribution in [0, 0.1) is 3.57 Å². The maximum atomic E-state index is 13.3. The first-order chi connectivity index (χ1) is 9.52. The van der Waals surface area contributed by atoms with Crippen molar-refractivity contribution in [1.82, 2.24) is 4.57 Å². The van der Waals surface area contributed by atoms with Gasteiger partial charge in [0.15, 0.2) is 0 Å². The zero-order chi connectivity index (χ0) is 16.0. The van der Waals surface area contributed by atoms with Crippen molar-refractivity contribution in [2.45, 2.75) is 32.5 Å². The Balaban J connectivity index is 2.74. The zero-order valence-electron chi connectivity index (χ0n) is 11.6. The molecule has 0 aliphatic rings. The van der Waals surface area contributed by atoms with E-state index in [-0.39, 0.29) is 9.09 Å². The van der Waals surface area contributed by atoms with Gasteiger partial charge >= 0.3 is 12.3 Å². The van der Waals surface area contributed by atoms with Crippen LogP contribution in [0.15, 0.2) is 24.3 Å². The van der Waals surface area contributed by atoms with Crippen LogP contribution in [0.4, 0.5) is 18.0 Å². The molecular formula is C14H13F3INO2. The Hall–Kier alpha value is -1.25. The molecule has 0 saturated heterocycles. The van der Waals surface area contributed by atoms with Gasteiger partial charge in [-0.05, 0) is 49.4 Å². The number of fused-ring (bicyclic) bond motifs is 1. The number of rotatable bonds is 0. The van der Waals surface area contributed by atoms with Crippen LogP contribution >= 0.6 is 22.6 Å². The molecule has 0 amide bonds. The minimum absolute atomic E-state index is 0.0124. The van der Waals surface area contributed by atoms with Crippen molar-refractivity contribution in [3.05, 3.63) is 33.5 Å². The monoisotopic (exact) mass is 411 g/mol. The van der Waals surface area contributed by atoms with Gasteiger partial charge in [0, 0.05) is 5.39 Å². The Morgan fingerprint density at radius 1 is 1.19 bits per heavy atom. The van der Waals surface area contributed by atoms with Crippen molar-refractivity contribution in [3.8, 4) is 0 Å². The van der Waals surface area contributed by atoms with Gasteiger partial charge in [-0.1, -0.05) is 18.2 Å². The predicted octanol–water partition coefficient (Wildman–Crippen LogP) is 5.05. The molecule has 21 heavy (non-hydrogen) atoms. The minimum atomic E-state index is -4.65. The molecule has 7 heteroatoms. The lowest BCUT2D eigenvalue weighted by atomic mass is 10.2. The Labute approximate surface area is 133 Å². The number of hydrogen-bond acceptors (Lipinski definition) is 2. The van der Waals surface area contributed by atoms with Gasteiger partial charge in [0.25, 0.3) is 0 Å². The number of aromatic nitrogens is 1. The quantitative estimate of drug-likeness (QED) is 0.569. The van der Waals surface area contributed by atoms with Gasteiger partial charge in [0.05, 0.1) is 9.09 Å². The largest absolute Gasteiger partial charge is 0.443 e. The summed E-state index contributed by atoms with van der Waals surface area (Å²) in [5.74, 6) is 0. The van der Waals surface area contributed by atoms with Gasteiger partial charge in [0.2, 0.25) is 0 Å². The minimum Gasteiger partial charge on any atom is -0.443 e. The van der Waals surface area contributed by atoms with Crippen LogP contribution in [0.2, 0.25) is 0 Å². The molecule has 114 valence electrons. The standard InChI is InChI=1S/C14H13F3INO2/c1-13(2,3)21-12(20)19-9-7-5-4-6-8(9)10(18)11(19)14(15,16)17/h4-7H,1-3H3. The number of alkyl halides is 3. The number of hydrogen-bond donors (Lipinski definition) is 0. The van der Waals surface area contributed by atoms with Crippen molar-refractivity contribution in [2.75, 3.05) is 0 Å². The van der Waals surface area contributed by atoms with Crippen LogP contribution in [0.25, 0.3) is 10.9 Å². The number of benzene rings is 1. The maximum absolute atomic E-state index is 13.3. The van der Waals surface area contributed by atoms with Crippen LogP contribution in [-0.4, -0.2) is 16.3 Å². The normalized spacial score (nSPS) is 12.7. The van der Waals surface area contributed by atoms with Crippen LogP contribution in [-0.2, 0) is 10.9 Å². The van der Waals surface area contributed by atoms with Crippen LogP contribution < -0.4 is 0 Å². The summed E-state index contributed by atoms with van der Waals surface area (Å²) >= 11 is 1.61. The van der Waals surface area contributed by atoms with Gasteiger partial charge in [0.1, 0.15) is 11.3 Å². The zero-order valence-corrected chi connectivity index (χ0v) is 13.7. The van der Waals surface area contributed by atoms with Gasteiger partial charge in [-0.3, -0.25) is 0 Å². The molecule has 0 N–H and O–H groups in total. The molecule has 2 rings (SSSR count). The van der Waals surface area contributed by atoms with E-state index in [1.165, 1.54) is 6.07 Å². The second-order valence-corrected chi connectivity index (χ2v) is 6.57. The van der Waals surface area contributed by atoms with E-state index in [4.69, 9.17) is 4.74 Å². The van der Waals surface area contributed by atoms with Gasteiger partial charge in [-0.2, -0.15) is 13.2 Å². The molecule has 0 unspecified atom stereocenters. The van der Waals surface area contributed by atoms with Crippen molar-refractivity contribution in [1.29, 1.82) is 0 Å². The molecule has 0 radical (unpaired) electrons. The summed E-state index contributed by atoms with van der Waals surface area (Å²) in [5.41, 5.74) is -1.70. The highest BCUT2D eigenvalue weighted by Crippen LogP contribution is 2.39. The second kappa shape index (κ2) is 5.19. The van der Waals surface area contributed by atoms with Crippen molar-refractivity contribution in [3.63, 3.8) is 0 Å². The smallest absolute Gasteiger partial charge is 0.433 e. The summed E-state index contributed by atoms with van der Waals surface area (Å²) in [6.07, 6.45) is -5.68. The van der Waals surface area contributed by atoms with E-state index in [0.29, 0.717) is 9.95 Å². The summed E-state index contributed by atoms with van der Waals surface area (Å²) in [7, 11) is 0. The van der Waals surface area contributed by atoms with E-state index in [0.717, 1.165) is 0 Å². The molecule has 3 nitrogen and oxygen atoms in total. The average Bonchev–Trinajstić information content (AvgIpc) is 2.61. The highest BCUT2D eigenvalue weighted by molar-refractivity contribution is 14.1. The van der Waals surface area contributed by atoms with E-state index < -0.39 is 23.6 Å². The van der Waals surface area contributed by atoms with Gasteiger partial charge < -0.3 is 4.74 Å². The maximum Gasteiger partial charge on any atom is 0.433 e. The van der Waals surface area contributed by atoms with E-state index in [9.17, 15) is 18.0 Å². The number of para-hydroxylation sites is 1. The van der Waals surface area contributed by atoms with Crippen molar-refractivity contribution < 1.29 is 22.7 Å². The first-order valence-corrected chi connectivity index (χ1v) is 7.20. The van der Waals surface area contributed by atoms with Crippen molar-refractivity contribution >= 4 is 39.6 Å². The fraction of sp³-hybridized carbons (Fsp3) is 0.357. The summed E-state index contributed by atoms with van der Waals surface area (Å²) in [4.78, 5) is 12.2. The molecule has 0 fully saturated rings. The molecule has 0 saturated carbocycles. The Bertz CT molecular complexity index is 699. The molecule has 0 bridgehead atoms. The van der Waals surface area contributed by atoms with Crippen LogP contribution in [0.3, 0.4) is 0 Å². The molecule has 0 aliphatic carbocycles. The number of nitrogens with zero attached hydrogens (tertiary/aromatic N) is 1.